The first kappa shape index (κ1) is 17.3. The van der Waals surface area contributed by atoms with Crippen LogP contribution in [-0.4, -0.2) is 69.9 Å². The molecule has 6 nitrogen and oxygen atoms in total. The van der Waals surface area contributed by atoms with Crippen LogP contribution in [0.25, 0.3) is 0 Å². The molecule has 0 spiro atoms. The number of nitrogens with zero attached hydrogens (tertiary/aromatic N) is 2. The van der Waals surface area contributed by atoms with E-state index in [-0.39, 0.29) is 18.4 Å². The molecule has 0 aromatic carbocycles. The summed E-state index contributed by atoms with van der Waals surface area (Å²) in [5.41, 5.74) is 4.50. The molecule has 96 valence electrons. The van der Waals surface area contributed by atoms with E-state index >= 15 is 0 Å². The second-order valence-corrected chi connectivity index (χ2v) is 3.50. The Balaban J connectivity index is 0. The average Bonchev–Trinajstić information content (AvgIpc) is 2.26. The van der Waals surface area contributed by atoms with Crippen molar-refractivity contribution in [3.8, 4) is 0 Å². The lowest BCUT2D eigenvalue weighted by Gasteiger charge is -2.12. The molecule has 2 amide bonds. The molecular formula is C10H24N4O2. The topological polar surface area (TPSA) is 78.7 Å². The van der Waals surface area contributed by atoms with Gasteiger partial charge in [-0.15, -0.1) is 0 Å². The van der Waals surface area contributed by atoms with Crippen LogP contribution in [0.3, 0.4) is 0 Å². The third-order valence-corrected chi connectivity index (χ3v) is 1.79. The van der Waals surface area contributed by atoms with Gasteiger partial charge in [0.1, 0.15) is 0 Å². The van der Waals surface area contributed by atoms with E-state index in [1.165, 1.54) is 16.8 Å². The summed E-state index contributed by atoms with van der Waals surface area (Å²) in [6.45, 7) is 0.824. The van der Waals surface area contributed by atoms with Crippen LogP contribution in [0, 0.1) is 0 Å². The monoisotopic (exact) mass is 232 g/mol. The van der Waals surface area contributed by atoms with E-state index in [2.05, 4.69) is 11.1 Å². The number of hydrogen-bond acceptors (Lipinski definition) is 4. The predicted octanol–water partition coefficient (Wildman–Crippen LogP) is -1.28. The van der Waals surface area contributed by atoms with Crippen LogP contribution < -0.4 is 11.1 Å². The number of amides is 2. The van der Waals surface area contributed by atoms with E-state index in [1.807, 2.05) is 0 Å². The molecule has 0 saturated carbocycles. The molecule has 0 rings (SSSR count). The number of nitrogens with one attached hydrogen (secondary N) is 1. The summed E-state index contributed by atoms with van der Waals surface area (Å²) >= 11 is 0. The zero-order chi connectivity index (χ0) is 13.1. The van der Waals surface area contributed by atoms with Crippen molar-refractivity contribution in [2.75, 3.05) is 48.3 Å². The lowest BCUT2D eigenvalue weighted by Crippen LogP contribution is -2.35. The number of carbonyl (C=O) groups is 2. The molecule has 0 aliphatic carbocycles. The van der Waals surface area contributed by atoms with Gasteiger partial charge < -0.3 is 20.9 Å². The maximum Gasteiger partial charge on any atom is 0.236 e. The second-order valence-electron chi connectivity index (χ2n) is 3.50. The molecule has 0 aliphatic rings. The van der Waals surface area contributed by atoms with Gasteiger partial charge in [-0.25, -0.2) is 0 Å². The van der Waals surface area contributed by atoms with Crippen molar-refractivity contribution < 1.29 is 9.59 Å². The normalized spacial score (nSPS) is 8.88. The first-order chi connectivity index (χ1) is 7.45. The third-order valence-electron chi connectivity index (χ3n) is 1.79. The number of hydrogen-bond donors (Lipinski definition) is 2. The quantitative estimate of drug-likeness (QED) is 0.579. The van der Waals surface area contributed by atoms with Crippen LogP contribution in [0.2, 0.25) is 0 Å². The predicted molar refractivity (Wildman–Crippen MR) is 65.0 cm³/mol. The van der Waals surface area contributed by atoms with E-state index in [9.17, 15) is 9.59 Å². The van der Waals surface area contributed by atoms with Gasteiger partial charge in [-0.3, -0.25) is 9.59 Å². The summed E-state index contributed by atoms with van der Waals surface area (Å²) in [5, 5.41) is 2.91. The number of nitrogens with two attached hydrogens (primary N) is 1. The Morgan fingerprint density at radius 1 is 1.00 bits per heavy atom. The van der Waals surface area contributed by atoms with Gasteiger partial charge in [-0.1, -0.05) is 0 Å². The van der Waals surface area contributed by atoms with Crippen LogP contribution in [-0.2, 0) is 9.59 Å². The van der Waals surface area contributed by atoms with Crippen molar-refractivity contribution in [1.82, 2.24) is 15.1 Å². The van der Waals surface area contributed by atoms with E-state index in [4.69, 9.17) is 0 Å². The maximum atomic E-state index is 11.1. The molecule has 0 unspecified atom stereocenters. The van der Waals surface area contributed by atoms with Crippen LogP contribution >= 0.6 is 0 Å². The van der Waals surface area contributed by atoms with Gasteiger partial charge in [-0.2, -0.15) is 0 Å². The van der Waals surface area contributed by atoms with Gasteiger partial charge in [0.2, 0.25) is 11.8 Å². The molecule has 0 aromatic rings. The van der Waals surface area contributed by atoms with E-state index < -0.39 is 0 Å². The minimum absolute atomic E-state index is 0.0160. The Labute approximate surface area is 97.8 Å². The molecule has 3 N–H and O–H groups in total. The molecular weight excluding hydrogens is 208 g/mol. The molecule has 0 aliphatic heterocycles. The smallest absolute Gasteiger partial charge is 0.236 e. The fourth-order valence-corrected chi connectivity index (χ4v) is 0.772. The standard InChI is InChI=1S/C9H19N3O2.CH5N/c1-11(2)8(13)5-6-10-7-9(14)12(3)4;1-2/h10H,5-7H2,1-4H3;2H2,1H3. The highest BCUT2D eigenvalue weighted by molar-refractivity contribution is 5.78. The molecule has 0 saturated heterocycles. The first-order valence-corrected chi connectivity index (χ1v) is 5.14. The summed E-state index contributed by atoms with van der Waals surface area (Å²) in [7, 11) is 8.34. The van der Waals surface area contributed by atoms with Crippen LogP contribution in [0.1, 0.15) is 6.42 Å². The van der Waals surface area contributed by atoms with Gasteiger partial charge in [0.25, 0.3) is 0 Å². The lowest BCUT2D eigenvalue weighted by atomic mass is 10.4. The van der Waals surface area contributed by atoms with E-state index in [0.29, 0.717) is 13.0 Å². The second kappa shape index (κ2) is 10.4. The van der Waals surface area contributed by atoms with E-state index in [1.54, 1.807) is 28.2 Å². The maximum absolute atomic E-state index is 11.1. The molecule has 0 heterocycles. The fraction of sp³-hybridized carbons (Fsp3) is 0.800. The Morgan fingerprint density at radius 2 is 1.44 bits per heavy atom. The highest BCUT2D eigenvalue weighted by Crippen LogP contribution is 1.84. The van der Waals surface area contributed by atoms with Crippen molar-refractivity contribution in [2.45, 2.75) is 6.42 Å². The highest BCUT2D eigenvalue weighted by Gasteiger charge is 2.05. The van der Waals surface area contributed by atoms with Gasteiger partial charge in [-0.05, 0) is 7.05 Å². The van der Waals surface area contributed by atoms with Gasteiger partial charge >= 0.3 is 0 Å². The summed E-state index contributed by atoms with van der Waals surface area (Å²) in [4.78, 5) is 25.3. The lowest BCUT2D eigenvalue weighted by molar-refractivity contribution is -0.130. The SMILES string of the molecule is CN.CN(C)C(=O)CCNCC(=O)N(C)C. The van der Waals surface area contributed by atoms with Crippen molar-refractivity contribution in [3.63, 3.8) is 0 Å². The largest absolute Gasteiger partial charge is 0.349 e. The van der Waals surface area contributed by atoms with Crippen molar-refractivity contribution in [1.29, 1.82) is 0 Å². The van der Waals surface area contributed by atoms with Crippen LogP contribution in [0.15, 0.2) is 0 Å². The van der Waals surface area contributed by atoms with Crippen molar-refractivity contribution in [2.24, 2.45) is 5.73 Å². The number of likely N-dealkylation sites (N-methyl/N-ethyl adjacent to an activating group) is 1. The number of rotatable bonds is 5. The molecule has 0 atom stereocenters. The highest BCUT2D eigenvalue weighted by atomic mass is 16.2. The van der Waals surface area contributed by atoms with Crippen molar-refractivity contribution >= 4 is 11.8 Å². The Kier molecular flexibility index (Phi) is 11.2. The average molecular weight is 232 g/mol. The summed E-state index contributed by atoms with van der Waals surface area (Å²) in [5.74, 6) is 0.0807. The molecule has 0 aromatic heterocycles. The number of carbonyl (C=O) groups excluding carboxylic acids is 2. The summed E-state index contributed by atoms with van der Waals surface area (Å²) in [6.07, 6.45) is 0.424. The van der Waals surface area contributed by atoms with Crippen LogP contribution in [0.4, 0.5) is 0 Å². The molecule has 6 heteroatoms. The minimum Gasteiger partial charge on any atom is -0.349 e. The molecule has 0 bridgehead atoms. The summed E-state index contributed by atoms with van der Waals surface area (Å²) in [6, 6.07) is 0. The van der Waals surface area contributed by atoms with Gasteiger partial charge in [0.05, 0.1) is 6.54 Å². The Hall–Kier alpha value is -1.14. The van der Waals surface area contributed by atoms with Gasteiger partial charge in [0.15, 0.2) is 0 Å². The zero-order valence-electron chi connectivity index (χ0n) is 10.9. The van der Waals surface area contributed by atoms with Gasteiger partial charge in [0, 0.05) is 41.2 Å². The molecule has 16 heavy (non-hydrogen) atoms. The van der Waals surface area contributed by atoms with Crippen LogP contribution in [0.5, 0.6) is 0 Å². The van der Waals surface area contributed by atoms with E-state index in [0.717, 1.165) is 0 Å². The summed E-state index contributed by atoms with van der Waals surface area (Å²) < 4.78 is 0. The fourth-order valence-electron chi connectivity index (χ4n) is 0.772. The Morgan fingerprint density at radius 3 is 1.81 bits per heavy atom. The van der Waals surface area contributed by atoms with Crippen molar-refractivity contribution in [3.05, 3.63) is 0 Å². The third kappa shape index (κ3) is 9.42. The molecule has 0 radical (unpaired) electrons. The Bertz CT molecular complexity index is 183. The molecule has 0 fully saturated rings. The minimum atomic E-state index is 0.0160. The first-order valence-electron chi connectivity index (χ1n) is 5.14. The zero-order valence-corrected chi connectivity index (χ0v) is 10.9.